The zero-order valence-corrected chi connectivity index (χ0v) is 11.2. The highest BCUT2D eigenvalue weighted by Crippen LogP contribution is 2.22. The molecule has 1 aromatic carbocycles. The number of hydrogen-bond acceptors (Lipinski definition) is 3. The molecule has 4 heteroatoms. The normalized spacial score (nSPS) is 18.1. The molecule has 1 aromatic rings. The Morgan fingerprint density at radius 1 is 1.21 bits per heavy atom. The zero-order valence-electron chi connectivity index (χ0n) is 11.2. The molecule has 2 N–H and O–H groups in total. The van der Waals surface area contributed by atoms with Crippen LogP contribution in [-0.4, -0.2) is 35.7 Å². The van der Waals surface area contributed by atoms with Gasteiger partial charge in [-0.25, -0.2) is 0 Å². The third kappa shape index (κ3) is 3.20. The second-order valence-corrected chi connectivity index (χ2v) is 5.12. The molecule has 0 unspecified atom stereocenters. The molecule has 0 aliphatic carbocycles. The molecular formula is C15H20N2O2. The predicted octanol–water partition coefficient (Wildman–Crippen LogP) is 1.46. The first-order valence-corrected chi connectivity index (χ1v) is 6.73. The minimum atomic E-state index is -0.457. The summed E-state index contributed by atoms with van der Waals surface area (Å²) < 4.78 is 0. The van der Waals surface area contributed by atoms with Gasteiger partial charge in [-0.2, -0.15) is 0 Å². The number of ketones is 1. The van der Waals surface area contributed by atoms with Crippen molar-refractivity contribution in [2.45, 2.75) is 25.8 Å². The van der Waals surface area contributed by atoms with Crippen molar-refractivity contribution in [2.75, 3.05) is 13.1 Å². The lowest BCUT2D eigenvalue weighted by Gasteiger charge is -2.32. The molecule has 1 aliphatic rings. The predicted molar refractivity (Wildman–Crippen MR) is 73.7 cm³/mol. The van der Waals surface area contributed by atoms with Gasteiger partial charge in [0.15, 0.2) is 5.78 Å². The molecule has 1 amide bonds. The van der Waals surface area contributed by atoms with Gasteiger partial charge in [0.2, 0.25) is 5.91 Å². The minimum absolute atomic E-state index is 0.0226. The quantitative estimate of drug-likeness (QED) is 0.837. The number of piperidine rings is 1. The van der Waals surface area contributed by atoms with Crippen molar-refractivity contribution < 1.29 is 9.59 Å². The number of amides is 1. The summed E-state index contributed by atoms with van der Waals surface area (Å²) in [7, 11) is 0. The number of nitrogens with zero attached hydrogens (tertiary/aromatic N) is 1. The summed E-state index contributed by atoms with van der Waals surface area (Å²) in [5.74, 6) is 0.193. The first kappa shape index (κ1) is 13.7. The number of carbonyl (C=O) groups excluding carboxylic acids is 2. The zero-order chi connectivity index (χ0) is 13.8. The fourth-order valence-electron chi connectivity index (χ4n) is 2.49. The number of hydrogen-bond donors (Lipinski definition) is 1. The third-order valence-electron chi connectivity index (χ3n) is 3.63. The molecule has 1 aliphatic heterocycles. The van der Waals surface area contributed by atoms with Crippen molar-refractivity contribution in [1.29, 1.82) is 0 Å². The average molecular weight is 260 g/mol. The molecule has 102 valence electrons. The maximum Gasteiger partial charge on any atom is 0.239 e. The summed E-state index contributed by atoms with van der Waals surface area (Å²) in [4.78, 5) is 25.8. The van der Waals surface area contributed by atoms with Crippen LogP contribution in [0.2, 0.25) is 0 Å². The second kappa shape index (κ2) is 5.97. The lowest BCUT2D eigenvalue weighted by atomic mass is 9.89. The number of nitrogens with two attached hydrogens (primary N) is 1. The molecule has 19 heavy (non-hydrogen) atoms. The van der Waals surface area contributed by atoms with Crippen LogP contribution in [-0.2, 0) is 4.79 Å². The minimum Gasteiger partial charge on any atom is -0.341 e. The first-order chi connectivity index (χ1) is 9.09. The molecule has 0 spiro atoms. The van der Waals surface area contributed by atoms with Gasteiger partial charge in [-0.15, -0.1) is 0 Å². The van der Waals surface area contributed by atoms with E-state index in [2.05, 4.69) is 0 Å². The molecule has 1 fully saturated rings. The van der Waals surface area contributed by atoms with E-state index in [0.717, 1.165) is 18.4 Å². The molecule has 0 aromatic heterocycles. The number of Topliss-reactive ketones (excluding diaryl/α,β-unsaturated/α-hetero) is 1. The highest BCUT2D eigenvalue weighted by atomic mass is 16.2. The van der Waals surface area contributed by atoms with E-state index in [-0.39, 0.29) is 17.6 Å². The largest absolute Gasteiger partial charge is 0.341 e. The summed E-state index contributed by atoms with van der Waals surface area (Å²) >= 11 is 0. The Bertz CT molecular complexity index is 448. The summed E-state index contributed by atoms with van der Waals surface area (Å²) in [6, 6.07) is 8.90. The van der Waals surface area contributed by atoms with Gasteiger partial charge in [0.1, 0.15) is 0 Å². The van der Waals surface area contributed by atoms with Crippen molar-refractivity contribution in [3.8, 4) is 0 Å². The summed E-state index contributed by atoms with van der Waals surface area (Å²) in [5, 5.41) is 0. The maximum absolute atomic E-state index is 12.3. The van der Waals surface area contributed by atoms with Gasteiger partial charge >= 0.3 is 0 Å². The fraction of sp³-hybridized carbons (Fsp3) is 0.467. The molecule has 0 saturated carbocycles. The van der Waals surface area contributed by atoms with Crippen LogP contribution >= 0.6 is 0 Å². The SMILES string of the molecule is C[C@@H](N)C(=O)N1CCC(C(=O)c2ccccc2)CC1. The van der Waals surface area contributed by atoms with Crippen LogP contribution in [0, 0.1) is 5.92 Å². The topological polar surface area (TPSA) is 63.4 Å². The molecule has 0 radical (unpaired) electrons. The molecule has 2 rings (SSSR count). The fourth-order valence-corrected chi connectivity index (χ4v) is 2.49. The van der Waals surface area contributed by atoms with Crippen LogP contribution in [0.3, 0.4) is 0 Å². The highest BCUT2D eigenvalue weighted by molar-refractivity contribution is 5.98. The van der Waals surface area contributed by atoms with Crippen LogP contribution in [0.25, 0.3) is 0 Å². The average Bonchev–Trinajstić information content (AvgIpc) is 2.46. The smallest absolute Gasteiger partial charge is 0.239 e. The third-order valence-corrected chi connectivity index (χ3v) is 3.63. The van der Waals surface area contributed by atoms with Gasteiger partial charge in [0.25, 0.3) is 0 Å². The Morgan fingerprint density at radius 2 is 1.79 bits per heavy atom. The Labute approximate surface area is 113 Å². The number of likely N-dealkylation sites (tertiary alicyclic amines) is 1. The monoisotopic (exact) mass is 260 g/mol. The summed E-state index contributed by atoms with van der Waals surface area (Å²) in [5.41, 5.74) is 6.36. The van der Waals surface area contributed by atoms with E-state index in [9.17, 15) is 9.59 Å². The van der Waals surface area contributed by atoms with Crippen LogP contribution < -0.4 is 5.73 Å². The Morgan fingerprint density at radius 3 is 2.32 bits per heavy atom. The van der Waals surface area contributed by atoms with E-state index in [1.54, 1.807) is 11.8 Å². The van der Waals surface area contributed by atoms with Gasteiger partial charge in [0, 0.05) is 24.6 Å². The van der Waals surface area contributed by atoms with Gasteiger partial charge < -0.3 is 10.6 Å². The van der Waals surface area contributed by atoms with Crippen LogP contribution in [0.4, 0.5) is 0 Å². The Kier molecular flexibility index (Phi) is 4.32. The summed E-state index contributed by atoms with van der Waals surface area (Å²) in [6.07, 6.45) is 1.46. The van der Waals surface area contributed by atoms with Crippen LogP contribution in [0.5, 0.6) is 0 Å². The summed E-state index contributed by atoms with van der Waals surface area (Å²) in [6.45, 7) is 2.96. The number of benzene rings is 1. The molecule has 1 heterocycles. The highest BCUT2D eigenvalue weighted by Gasteiger charge is 2.28. The number of rotatable bonds is 3. The molecule has 1 saturated heterocycles. The van der Waals surface area contributed by atoms with Gasteiger partial charge in [-0.3, -0.25) is 9.59 Å². The molecule has 0 bridgehead atoms. The molecule has 4 nitrogen and oxygen atoms in total. The van der Waals surface area contributed by atoms with Gasteiger partial charge in [-0.05, 0) is 19.8 Å². The van der Waals surface area contributed by atoms with Crippen molar-refractivity contribution >= 4 is 11.7 Å². The molecular weight excluding hydrogens is 240 g/mol. The van der Waals surface area contributed by atoms with E-state index in [1.165, 1.54) is 0 Å². The van der Waals surface area contributed by atoms with Crippen LogP contribution in [0.1, 0.15) is 30.1 Å². The van der Waals surface area contributed by atoms with Crippen molar-refractivity contribution in [3.63, 3.8) is 0 Å². The first-order valence-electron chi connectivity index (χ1n) is 6.73. The van der Waals surface area contributed by atoms with Gasteiger partial charge in [0.05, 0.1) is 6.04 Å². The van der Waals surface area contributed by atoms with E-state index < -0.39 is 6.04 Å². The van der Waals surface area contributed by atoms with E-state index in [1.807, 2.05) is 30.3 Å². The maximum atomic E-state index is 12.3. The van der Waals surface area contributed by atoms with Gasteiger partial charge in [-0.1, -0.05) is 30.3 Å². The van der Waals surface area contributed by atoms with Crippen molar-refractivity contribution in [3.05, 3.63) is 35.9 Å². The van der Waals surface area contributed by atoms with Crippen molar-refractivity contribution in [1.82, 2.24) is 4.90 Å². The Hall–Kier alpha value is -1.68. The Balaban J connectivity index is 1.94. The van der Waals surface area contributed by atoms with E-state index in [4.69, 9.17) is 5.73 Å². The van der Waals surface area contributed by atoms with Crippen molar-refractivity contribution in [2.24, 2.45) is 11.7 Å². The standard InChI is InChI=1S/C15H20N2O2/c1-11(16)15(19)17-9-7-13(8-10-17)14(18)12-5-3-2-4-6-12/h2-6,11,13H,7-10,16H2,1H3/t11-/m1/s1. The number of carbonyl (C=O) groups is 2. The van der Waals surface area contributed by atoms with E-state index in [0.29, 0.717) is 13.1 Å². The lowest BCUT2D eigenvalue weighted by Crippen LogP contribution is -2.46. The lowest BCUT2D eigenvalue weighted by molar-refractivity contribution is -0.133. The molecule has 1 atom stereocenters. The van der Waals surface area contributed by atoms with Crippen LogP contribution in [0.15, 0.2) is 30.3 Å². The second-order valence-electron chi connectivity index (χ2n) is 5.12. The van der Waals surface area contributed by atoms with E-state index >= 15 is 0 Å².